The third-order valence-electron chi connectivity index (χ3n) is 4.38. The van der Waals surface area contributed by atoms with E-state index in [0.717, 1.165) is 48.2 Å². The Kier molecular flexibility index (Phi) is 3.95. The third kappa shape index (κ3) is 2.65. The lowest BCUT2D eigenvalue weighted by Crippen LogP contribution is -2.33. The number of carbonyl (C=O) groups is 1. The molecule has 0 saturated carbocycles. The SMILES string of the molecule is CCN1CCc2nc3ccccc3c(C(=O)Nc3nncs3)c2C1. The van der Waals surface area contributed by atoms with Gasteiger partial charge >= 0.3 is 0 Å². The van der Waals surface area contributed by atoms with E-state index in [4.69, 9.17) is 4.98 Å². The zero-order chi connectivity index (χ0) is 16.5. The Morgan fingerprint density at radius 2 is 2.25 bits per heavy atom. The van der Waals surface area contributed by atoms with Crippen LogP contribution in [-0.2, 0) is 13.0 Å². The second kappa shape index (κ2) is 6.26. The second-order valence-corrected chi connectivity index (χ2v) is 6.58. The maximum absolute atomic E-state index is 13.0. The minimum Gasteiger partial charge on any atom is -0.299 e. The zero-order valence-corrected chi connectivity index (χ0v) is 14.1. The highest BCUT2D eigenvalue weighted by atomic mass is 32.1. The number of nitrogens with one attached hydrogen (secondary N) is 1. The first-order valence-corrected chi connectivity index (χ1v) is 8.84. The van der Waals surface area contributed by atoms with E-state index in [2.05, 4.69) is 27.3 Å². The maximum Gasteiger partial charge on any atom is 0.258 e. The average Bonchev–Trinajstić information content (AvgIpc) is 3.12. The molecule has 0 aliphatic carbocycles. The van der Waals surface area contributed by atoms with Crippen molar-refractivity contribution in [1.82, 2.24) is 20.1 Å². The van der Waals surface area contributed by atoms with Crippen LogP contribution >= 0.6 is 11.3 Å². The monoisotopic (exact) mass is 339 g/mol. The molecule has 1 aliphatic rings. The highest BCUT2D eigenvalue weighted by molar-refractivity contribution is 7.13. The van der Waals surface area contributed by atoms with Crippen LogP contribution in [-0.4, -0.2) is 39.1 Å². The van der Waals surface area contributed by atoms with Crippen LogP contribution in [0.2, 0.25) is 0 Å². The number of para-hydroxylation sites is 1. The predicted octanol–water partition coefficient (Wildman–Crippen LogP) is 2.72. The number of pyridine rings is 1. The largest absolute Gasteiger partial charge is 0.299 e. The molecular weight excluding hydrogens is 322 g/mol. The van der Waals surface area contributed by atoms with Gasteiger partial charge in [-0.3, -0.25) is 20.0 Å². The van der Waals surface area contributed by atoms with Crippen LogP contribution in [0, 0.1) is 0 Å². The Hall–Kier alpha value is -2.38. The van der Waals surface area contributed by atoms with E-state index < -0.39 is 0 Å². The summed E-state index contributed by atoms with van der Waals surface area (Å²) in [5.41, 5.74) is 5.24. The van der Waals surface area contributed by atoms with Crippen molar-refractivity contribution in [3.63, 3.8) is 0 Å². The smallest absolute Gasteiger partial charge is 0.258 e. The summed E-state index contributed by atoms with van der Waals surface area (Å²) in [5.74, 6) is -0.139. The summed E-state index contributed by atoms with van der Waals surface area (Å²) in [4.78, 5) is 20.1. The molecule has 2 aromatic heterocycles. The van der Waals surface area contributed by atoms with Gasteiger partial charge in [0.05, 0.1) is 11.1 Å². The van der Waals surface area contributed by atoms with Gasteiger partial charge in [0.15, 0.2) is 0 Å². The molecule has 0 saturated heterocycles. The predicted molar refractivity (Wildman–Crippen MR) is 94.3 cm³/mol. The molecule has 4 rings (SSSR count). The van der Waals surface area contributed by atoms with Crippen molar-refractivity contribution < 1.29 is 4.79 Å². The quantitative estimate of drug-likeness (QED) is 0.794. The topological polar surface area (TPSA) is 71.0 Å². The van der Waals surface area contributed by atoms with E-state index in [-0.39, 0.29) is 5.91 Å². The van der Waals surface area contributed by atoms with Gasteiger partial charge < -0.3 is 0 Å². The van der Waals surface area contributed by atoms with Crippen molar-refractivity contribution in [2.45, 2.75) is 19.9 Å². The van der Waals surface area contributed by atoms with Gasteiger partial charge in [-0.1, -0.05) is 36.5 Å². The molecule has 0 unspecified atom stereocenters. The normalized spacial score (nSPS) is 14.5. The van der Waals surface area contributed by atoms with E-state index in [0.29, 0.717) is 10.7 Å². The molecule has 0 atom stereocenters. The first kappa shape index (κ1) is 15.2. The third-order valence-corrected chi connectivity index (χ3v) is 4.99. The summed E-state index contributed by atoms with van der Waals surface area (Å²) >= 11 is 1.31. The molecule has 3 heterocycles. The molecule has 0 radical (unpaired) electrons. The highest BCUT2D eigenvalue weighted by Gasteiger charge is 2.25. The number of anilines is 1. The first-order valence-electron chi connectivity index (χ1n) is 7.96. The number of carbonyl (C=O) groups excluding carboxylic acids is 1. The number of fused-ring (bicyclic) bond motifs is 2. The van der Waals surface area contributed by atoms with E-state index in [9.17, 15) is 4.79 Å². The van der Waals surface area contributed by atoms with Gasteiger partial charge in [-0.15, -0.1) is 10.2 Å². The number of aromatic nitrogens is 3. The average molecular weight is 339 g/mol. The summed E-state index contributed by atoms with van der Waals surface area (Å²) in [6, 6.07) is 7.82. The van der Waals surface area contributed by atoms with Crippen LogP contribution in [0.5, 0.6) is 0 Å². The van der Waals surface area contributed by atoms with E-state index in [1.807, 2.05) is 24.3 Å². The molecule has 24 heavy (non-hydrogen) atoms. The van der Waals surface area contributed by atoms with Crippen molar-refractivity contribution in [2.75, 3.05) is 18.4 Å². The number of amides is 1. The minimum atomic E-state index is -0.139. The molecule has 0 fully saturated rings. The Bertz CT molecular complexity index is 893. The Morgan fingerprint density at radius 3 is 3.04 bits per heavy atom. The van der Waals surface area contributed by atoms with Gasteiger partial charge in [-0.2, -0.15) is 0 Å². The molecule has 6 nitrogen and oxygen atoms in total. The zero-order valence-electron chi connectivity index (χ0n) is 13.3. The fourth-order valence-corrected chi connectivity index (χ4v) is 3.60. The molecule has 1 aromatic carbocycles. The minimum absolute atomic E-state index is 0.139. The van der Waals surface area contributed by atoms with Crippen LogP contribution < -0.4 is 5.32 Å². The summed E-state index contributed by atoms with van der Waals surface area (Å²) in [5, 5.41) is 12.0. The van der Waals surface area contributed by atoms with Crippen molar-refractivity contribution in [3.05, 3.63) is 46.6 Å². The van der Waals surface area contributed by atoms with Crippen LogP contribution in [0.25, 0.3) is 10.9 Å². The fourth-order valence-electron chi connectivity index (χ4n) is 3.16. The van der Waals surface area contributed by atoms with Crippen LogP contribution in [0.4, 0.5) is 5.13 Å². The Balaban J connectivity index is 1.86. The summed E-state index contributed by atoms with van der Waals surface area (Å²) in [7, 11) is 0. The van der Waals surface area contributed by atoms with Gasteiger partial charge in [0, 0.05) is 36.2 Å². The molecule has 1 N–H and O–H groups in total. The van der Waals surface area contributed by atoms with Crippen molar-refractivity contribution in [1.29, 1.82) is 0 Å². The number of hydrogen-bond acceptors (Lipinski definition) is 6. The van der Waals surface area contributed by atoms with Gasteiger partial charge in [0.2, 0.25) is 5.13 Å². The molecule has 7 heteroatoms. The van der Waals surface area contributed by atoms with Crippen LogP contribution in [0.1, 0.15) is 28.5 Å². The van der Waals surface area contributed by atoms with Crippen LogP contribution in [0.3, 0.4) is 0 Å². The number of hydrogen-bond donors (Lipinski definition) is 1. The van der Waals surface area contributed by atoms with Gasteiger partial charge in [-0.05, 0) is 12.6 Å². The van der Waals surface area contributed by atoms with Gasteiger partial charge in [0.25, 0.3) is 5.91 Å². The van der Waals surface area contributed by atoms with E-state index in [1.165, 1.54) is 11.3 Å². The molecular formula is C17H17N5OS. The first-order chi connectivity index (χ1) is 11.8. The number of benzene rings is 1. The summed E-state index contributed by atoms with van der Waals surface area (Å²) in [6.45, 7) is 4.83. The lowest BCUT2D eigenvalue weighted by atomic mass is 9.95. The van der Waals surface area contributed by atoms with Gasteiger partial charge in [0.1, 0.15) is 5.51 Å². The van der Waals surface area contributed by atoms with E-state index >= 15 is 0 Å². The molecule has 0 bridgehead atoms. The number of rotatable bonds is 3. The lowest BCUT2D eigenvalue weighted by Gasteiger charge is -2.29. The molecule has 1 aliphatic heterocycles. The lowest BCUT2D eigenvalue weighted by molar-refractivity contribution is 0.102. The maximum atomic E-state index is 13.0. The number of nitrogens with zero attached hydrogens (tertiary/aromatic N) is 4. The molecule has 1 amide bonds. The van der Waals surface area contributed by atoms with Crippen molar-refractivity contribution in [2.24, 2.45) is 0 Å². The Morgan fingerprint density at radius 1 is 1.38 bits per heavy atom. The summed E-state index contributed by atoms with van der Waals surface area (Å²) in [6.07, 6.45) is 0.868. The standard InChI is InChI=1S/C17H17N5OS/c1-2-22-8-7-14-12(9-22)15(11-5-3-4-6-13(11)19-14)16(23)20-17-21-18-10-24-17/h3-6,10H,2,7-9H2,1H3,(H,20,21,23). The second-order valence-electron chi connectivity index (χ2n) is 5.75. The van der Waals surface area contributed by atoms with Crippen molar-refractivity contribution >= 4 is 33.3 Å². The van der Waals surface area contributed by atoms with Gasteiger partial charge in [-0.25, -0.2) is 0 Å². The van der Waals surface area contributed by atoms with E-state index in [1.54, 1.807) is 5.51 Å². The fraction of sp³-hybridized carbons (Fsp3) is 0.294. The summed E-state index contributed by atoms with van der Waals surface area (Å²) < 4.78 is 0. The van der Waals surface area contributed by atoms with Crippen molar-refractivity contribution in [3.8, 4) is 0 Å². The molecule has 0 spiro atoms. The molecule has 122 valence electrons. The molecule has 3 aromatic rings. The highest BCUT2D eigenvalue weighted by Crippen LogP contribution is 2.29. The Labute approximate surface area is 143 Å². The van der Waals surface area contributed by atoms with Crippen LogP contribution in [0.15, 0.2) is 29.8 Å². The number of likely N-dealkylation sites (N-methyl/N-ethyl adjacent to an activating group) is 1.